The van der Waals surface area contributed by atoms with E-state index in [1.807, 2.05) is 0 Å². The number of benzene rings is 2. The second-order valence-corrected chi connectivity index (χ2v) is 9.44. The highest BCUT2D eigenvalue weighted by atomic mass is 32.2. The Bertz CT molecular complexity index is 1600. The third-order valence-electron chi connectivity index (χ3n) is 4.97. The van der Waals surface area contributed by atoms with Crippen molar-refractivity contribution in [1.82, 2.24) is 5.16 Å². The lowest BCUT2D eigenvalue weighted by molar-refractivity contribution is -0.832. The first-order valence-corrected chi connectivity index (χ1v) is 12.3. The summed E-state index contributed by atoms with van der Waals surface area (Å²) in [5.74, 6) is -0.270. The average molecular weight is 531 g/mol. The largest absolute Gasteiger partial charge is 0.493 e. The molecule has 0 saturated heterocycles. The summed E-state index contributed by atoms with van der Waals surface area (Å²) in [5, 5.41) is 17.5. The lowest BCUT2D eigenvalue weighted by Crippen LogP contribution is -2.31. The first-order chi connectivity index (χ1) is 17.7. The van der Waals surface area contributed by atoms with Gasteiger partial charge in [-0.15, -0.1) is 0 Å². The zero-order valence-electron chi connectivity index (χ0n) is 19.6. The molecule has 0 atom stereocenters. The number of carbonyl (C=O) groups excluding carboxylic acids is 1. The van der Waals surface area contributed by atoms with Crippen molar-refractivity contribution in [2.75, 3.05) is 25.6 Å². The van der Waals surface area contributed by atoms with Crippen LogP contribution in [0, 0.1) is 5.21 Å². The topological polar surface area (TPSA) is 174 Å². The van der Waals surface area contributed by atoms with Crippen LogP contribution in [-0.4, -0.2) is 39.8 Å². The predicted molar refractivity (Wildman–Crippen MR) is 126 cm³/mol. The molecule has 0 unspecified atom stereocenters. The molecule has 4 aromatic rings. The molecular formula is C23H21N3O10S. The van der Waals surface area contributed by atoms with Crippen LogP contribution >= 0.6 is 0 Å². The summed E-state index contributed by atoms with van der Waals surface area (Å²) in [5.41, 5.74) is -0.519. The molecule has 0 spiro atoms. The van der Waals surface area contributed by atoms with Crippen LogP contribution in [0.5, 0.6) is 17.4 Å². The van der Waals surface area contributed by atoms with E-state index < -0.39 is 32.3 Å². The second-order valence-electron chi connectivity index (χ2n) is 7.58. The number of hydrogen-bond donors (Lipinski definition) is 1. The number of methoxy groups -OCH3 is 1. The number of carbonyl (C=O) groups is 1. The molecule has 13 nitrogen and oxygen atoms in total. The summed E-state index contributed by atoms with van der Waals surface area (Å²) in [7, 11) is -2.79. The van der Waals surface area contributed by atoms with Crippen molar-refractivity contribution in [3.05, 3.63) is 64.2 Å². The maximum atomic E-state index is 12.8. The summed E-state index contributed by atoms with van der Waals surface area (Å²) in [4.78, 5) is 23.0. The van der Waals surface area contributed by atoms with Gasteiger partial charge in [0.25, 0.3) is 9.84 Å². The zero-order chi connectivity index (χ0) is 26.6. The van der Waals surface area contributed by atoms with E-state index in [1.165, 1.54) is 50.4 Å². The normalized spacial score (nSPS) is 11.3. The molecule has 37 heavy (non-hydrogen) atoms. The first kappa shape index (κ1) is 25.5. The summed E-state index contributed by atoms with van der Waals surface area (Å²) < 4.78 is 51.7. The number of aromatic nitrogens is 2. The Hall–Kier alpha value is -4.59. The first-order valence-electron chi connectivity index (χ1n) is 10.8. The van der Waals surface area contributed by atoms with E-state index in [0.29, 0.717) is 11.1 Å². The Balaban J connectivity index is 1.42. The van der Waals surface area contributed by atoms with Gasteiger partial charge in [0.1, 0.15) is 11.3 Å². The van der Waals surface area contributed by atoms with E-state index in [0.717, 1.165) is 0 Å². The Morgan fingerprint density at radius 2 is 1.84 bits per heavy atom. The SMILES string of the molecule is COc1cc2cc(NC(C)=O)c(=O)oc2cc1OCCCOc1no[n+]([O-])c1S(=O)(=O)c1ccccc1. The summed E-state index contributed by atoms with van der Waals surface area (Å²) >= 11 is 0. The lowest BCUT2D eigenvalue weighted by atomic mass is 10.2. The average Bonchev–Trinajstić information content (AvgIpc) is 3.25. The van der Waals surface area contributed by atoms with Gasteiger partial charge in [0, 0.05) is 24.8 Å². The van der Waals surface area contributed by atoms with Crippen LogP contribution in [0.25, 0.3) is 11.0 Å². The van der Waals surface area contributed by atoms with Gasteiger partial charge in [-0.05, 0) is 29.2 Å². The predicted octanol–water partition coefficient (Wildman–Crippen LogP) is 2.06. The summed E-state index contributed by atoms with van der Waals surface area (Å²) in [6.45, 7) is 1.30. The van der Waals surface area contributed by atoms with Crippen molar-refractivity contribution in [2.24, 2.45) is 0 Å². The molecule has 0 radical (unpaired) electrons. The van der Waals surface area contributed by atoms with E-state index in [9.17, 15) is 23.2 Å². The van der Waals surface area contributed by atoms with Crippen LogP contribution in [0.15, 0.2) is 72.3 Å². The molecule has 0 aliphatic rings. The highest BCUT2D eigenvalue weighted by Crippen LogP contribution is 2.33. The van der Waals surface area contributed by atoms with Crippen LogP contribution in [0.2, 0.25) is 0 Å². The van der Waals surface area contributed by atoms with Crippen molar-refractivity contribution < 1.29 is 41.4 Å². The van der Waals surface area contributed by atoms with E-state index in [1.54, 1.807) is 12.1 Å². The molecule has 4 rings (SSSR count). The van der Waals surface area contributed by atoms with Gasteiger partial charge in [0.05, 0.1) is 30.4 Å². The fourth-order valence-corrected chi connectivity index (χ4v) is 4.62. The van der Waals surface area contributed by atoms with Gasteiger partial charge in [-0.1, -0.05) is 18.2 Å². The molecule has 2 aromatic heterocycles. The number of ether oxygens (including phenoxy) is 3. The standard InChI is InChI=1S/C23H21N3O10S/c1-14(27)24-17-11-15-12-19(32-2)20(13-18(15)35-23(17)28)33-9-6-10-34-21-22(26(29)36-25-21)37(30,31)16-7-4-3-5-8-16/h3-5,7-8,11-13H,6,9-10H2,1-2H3,(H,24,27). The Morgan fingerprint density at radius 1 is 1.11 bits per heavy atom. The molecule has 0 saturated carbocycles. The molecule has 0 aliphatic carbocycles. The highest BCUT2D eigenvalue weighted by Gasteiger charge is 2.35. The Kier molecular flexibility index (Phi) is 7.29. The van der Waals surface area contributed by atoms with E-state index in [2.05, 4.69) is 15.1 Å². The number of anilines is 1. The number of hydrogen-bond acceptors (Lipinski definition) is 11. The van der Waals surface area contributed by atoms with E-state index in [4.69, 9.17) is 18.6 Å². The van der Waals surface area contributed by atoms with Crippen LogP contribution in [0.1, 0.15) is 13.3 Å². The van der Waals surface area contributed by atoms with Crippen LogP contribution in [0.4, 0.5) is 5.69 Å². The minimum Gasteiger partial charge on any atom is -0.493 e. The number of amides is 1. The number of nitrogens with zero attached hydrogens (tertiary/aromatic N) is 2. The minimum absolute atomic E-state index is 0.00576. The quantitative estimate of drug-likeness (QED) is 0.180. The van der Waals surface area contributed by atoms with Gasteiger partial charge in [-0.25, -0.2) is 13.2 Å². The Labute approximate surface area is 209 Å². The van der Waals surface area contributed by atoms with Crippen molar-refractivity contribution in [3.63, 3.8) is 0 Å². The molecule has 2 aromatic carbocycles. The number of nitrogens with one attached hydrogen (secondary N) is 1. The molecule has 194 valence electrons. The molecule has 2 heterocycles. The van der Waals surface area contributed by atoms with E-state index >= 15 is 0 Å². The van der Waals surface area contributed by atoms with Crippen molar-refractivity contribution in [3.8, 4) is 17.4 Å². The van der Waals surface area contributed by atoms with Gasteiger partial charge >= 0.3 is 16.5 Å². The minimum atomic E-state index is -4.22. The molecule has 0 fully saturated rings. The van der Waals surface area contributed by atoms with Gasteiger partial charge in [-0.3, -0.25) is 9.42 Å². The molecule has 14 heteroatoms. The molecule has 0 aliphatic heterocycles. The van der Waals surface area contributed by atoms with E-state index in [-0.39, 0.29) is 46.5 Å². The zero-order valence-corrected chi connectivity index (χ0v) is 20.4. The number of sulfone groups is 1. The molecule has 0 bridgehead atoms. The maximum absolute atomic E-state index is 12.8. The van der Waals surface area contributed by atoms with Crippen LogP contribution in [-0.2, 0) is 14.6 Å². The fraction of sp³-hybridized carbons (Fsp3) is 0.217. The van der Waals surface area contributed by atoms with Crippen molar-refractivity contribution in [2.45, 2.75) is 23.3 Å². The number of fused-ring (bicyclic) bond motifs is 1. The Morgan fingerprint density at radius 3 is 2.54 bits per heavy atom. The summed E-state index contributed by atoms with van der Waals surface area (Å²) in [6, 6.07) is 11.8. The van der Waals surface area contributed by atoms with Gasteiger partial charge in [-0.2, -0.15) is 0 Å². The summed E-state index contributed by atoms with van der Waals surface area (Å²) in [6.07, 6.45) is 0.253. The molecule has 1 amide bonds. The van der Waals surface area contributed by atoms with Gasteiger partial charge < -0.3 is 29.2 Å². The molecule has 1 N–H and O–H groups in total. The van der Waals surface area contributed by atoms with Gasteiger partial charge in [0.2, 0.25) is 5.91 Å². The smallest absolute Gasteiger partial charge is 0.414 e. The van der Waals surface area contributed by atoms with Gasteiger partial charge in [0.15, 0.2) is 11.5 Å². The number of rotatable bonds is 10. The highest BCUT2D eigenvalue weighted by molar-refractivity contribution is 7.91. The fourth-order valence-electron chi connectivity index (χ4n) is 3.33. The van der Waals surface area contributed by atoms with Crippen LogP contribution in [0.3, 0.4) is 0 Å². The monoisotopic (exact) mass is 531 g/mol. The maximum Gasteiger partial charge on any atom is 0.414 e. The third-order valence-corrected chi connectivity index (χ3v) is 6.69. The van der Waals surface area contributed by atoms with Crippen molar-refractivity contribution in [1.29, 1.82) is 0 Å². The van der Waals surface area contributed by atoms with Crippen molar-refractivity contribution >= 4 is 32.4 Å². The van der Waals surface area contributed by atoms with Crippen LogP contribution < -0.4 is 30.1 Å². The third kappa shape index (κ3) is 5.48. The lowest BCUT2D eigenvalue weighted by Gasteiger charge is -2.12. The second kappa shape index (κ2) is 10.6. The molecular weight excluding hydrogens is 510 g/mol.